The van der Waals surface area contributed by atoms with Crippen LogP contribution in [0.5, 0.6) is 5.75 Å². The van der Waals surface area contributed by atoms with Gasteiger partial charge in [0, 0.05) is 11.6 Å². The quantitative estimate of drug-likeness (QED) is 0.775. The van der Waals surface area contributed by atoms with E-state index in [9.17, 15) is 5.11 Å². The first-order valence-corrected chi connectivity index (χ1v) is 5.70. The van der Waals surface area contributed by atoms with E-state index >= 15 is 0 Å². The van der Waals surface area contributed by atoms with Gasteiger partial charge in [-0.3, -0.25) is 0 Å². The summed E-state index contributed by atoms with van der Waals surface area (Å²) in [5.74, 6) is 0.362. The number of para-hydroxylation sites is 1. The number of halogens is 1. The maximum Gasteiger partial charge on any atom is 0.123 e. The molecule has 2 nitrogen and oxygen atoms in total. The van der Waals surface area contributed by atoms with Crippen molar-refractivity contribution in [2.24, 2.45) is 5.73 Å². The molecule has 0 saturated heterocycles. The maximum absolute atomic E-state index is 9.84. The van der Waals surface area contributed by atoms with Gasteiger partial charge in [-0.15, -0.1) is 12.4 Å². The van der Waals surface area contributed by atoms with Crippen molar-refractivity contribution >= 4 is 12.4 Å². The van der Waals surface area contributed by atoms with Crippen LogP contribution < -0.4 is 5.73 Å². The molecule has 0 fully saturated rings. The van der Waals surface area contributed by atoms with Crippen LogP contribution in [0.2, 0.25) is 0 Å². The van der Waals surface area contributed by atoms with E-state index in [-0.39, 0.29) is 18.4 Å². The van der Waals surface area contributed by atoms with Crippen LogP contribution in [0.3, 0.4) is 0 Å². The van der Waals surface area contributed by atoms with Crippen LogP contribution in [0.15, 0.2) is 18.2 Å². The molecule has 0 aliphatic carbocycles. The third kappa shape index (κ3) is 4.03. The lowest BCUT2D eigenvalue weighted by Gasteiger charge is -2.14. The first-order chi connectivity index (χ1) is 7.16. The minimum absolute atomic E-state index is 0. The zero-order chi connectivity index (χ0) is 11.3. The van der Waals surface area contributed by atoms with Gasteiger partial charge in [0.1, 0.15) is 5.75 Å². The second-order valence-electron chi connectivity index (χ2n) is 4.12. The number of benzene rings is 1. The summed E-state index contributed by atoms with van der Waals surface area (Å²) in [7, 11) is 0. The number of unbranched alkanes of at least 4 members (excludes halogenated alkanes) is 2. The largest absolute Gasteiger partial charge is 0.507 e. The first kappa shape index (κ1) is 15.3. The Morgan fingerprint density at radius 3 is 2.62 bits per heavy atom. The second-order valence-corrected chi connectivity index (χ2v) is 4.12. The summed E-state index contributed by atoms with van der Waals surface area (Å²) >= 11 is 0. The third-order valence-corrected chi connectivity index (χ3v) is 2.79. The maximum atomic E-state index is 9.84. The Balaban J connectivity index is 0.00000225. The smallest absolute Gasteiger partial charge is 0.123 e. The van der Waals surface area contributed by atoms with Crippen molar-refractivity contribution in [3.63, 3.8) is 0 Å². The summed E-state index contributed by atoms with van der Waals surface area (Å²) in [6.07, 6.45) is 4.49. The number of aromatic hydroxyl groups is 1. The summed E-state index contributed by atoms with van der Waals surface area (Å²) < 4.78 is 0. The lowest BCUT2D eigenvalue weighted by Crippen LogP contribution is -2.10. The number of phenolic OH excluding ortho intramolecular Hbond substituents is 1. The van der Waals surface area contributed by atoms with Crippen molar-refractivity contribution in [1.82, 2.24) is 0 Å². The molecule has 1 aromatic rings. The summed E-state index contributed by atoms with van der Waals surface area (Å²) in [5.41, 5.74) is 7.83. The lowest BCUT2D eigenvalue weighted by atomic mass is 9.98. The summed E-state index contributed by atoms with van der Waals surface area (Å²) in [6.45, 7) is 4.08. The molecule has 16 heavy (non-hydrogen) atoms. The third-order valence-electron chi connectivity index (χ3n) is 2.79. The Morgan fingerprint density at radius 2 is 2.00 bits per heavy atom. The highest BCUT2D eigenvalue weighted by molar-refractivity contribution is 5.85. The van der Waals surface area contributed by atoms with Crippen LogP contribution >= 0.6 is 12.4 Å². The molecular formula is C13H22ClNO. The Bertz CT molecular complexity index is 315. The van der Waals surface area contributed by atoms with Gasteiger partial charge in [-0.2, -0.15) is 0 Å². The van der Waals surface area contributed by atoms with Gasteiger partial charge in [0.2, 0.25) is 0 Å². The molecule has 0 aliphatic rings. The Hall–Kier alpha value is -0.730. The molecule has 0 aliphatic heterocycles. The van der Waals surface area contributed by atoms with Gasteiger partial charge in [0.05, 0.1) is 0 Å². The topological polar surface area (TPSA) is 46.2 Å². The molecule has 0 heterocycles. The highest BCUT2D eigenvalue weighted by atomic mass is 35.5. The van der Waals surface area contributed by atoms with E-state index in [1.165, 1.54) is 12.8 Å². The molecule has 0 saturated carbocycles. The molecule has 0 unspecified atom stereocenters. The zero-order valence-corrected chi connectivity index (χ0v) is 10.9. The molecule has 0 spiro atoms. The molecule has 92 valence electrons. The van der Waals surface area contributed by atoms with Crippen LogP contribution in [0.4, 0.5) is 0 Å². The highest BCUT2D eigenvalue weighted by Crippen LogP contribution is 2.28. The molecule has 3 N–H and O–H groups in total. The predicted octanol–water partition coefficient (Wildman–Crippen LogP) is 3.70. The van der Waals surface area contributed by atoms with Crippen molar-refractivity contribution in [3.05, 3.63) is 29.3 Å². The van der Waals surface area contributed by atoms with E-state index in [4.69, 9.17) is 5.73 Å². The highest BCUT2D eigenvalue weighted by Gasteiger charge is 2.11. The van der Waals surface area contributed by atoms with E-state index in [1.807, 2.05) is 25.1 Å². The number of hydrogen-bond acceptors (Lipinski definition) is 2. The molecular weight excluding hydrogens is 222 g/mol. The molecule has 0 bridgehead atoms. The SMILES string of the molecule is CCCCC[C@@H](N)c1cccc(C)c1O.Cl. The molecule has 1 rings (SSSR count). The Labute approximate surface area is 104 Å². The van der Waals surface area contributed by atoms with Gasteiger partial charge < -0.3 is 10.8 Å². The van der Waals surface area contributed by atoms with Crippen molar-refractivity contribution in [2.45, 2.75) is 45.6 Å². The molecule has 1 atom stereocenters. The van der Waals surface area contributed by atoms with Gasteiger partial charge in [-0.05, 0) is 18.9 Å². The number of phenols is 1. The normalized spacial score (nSPS) is 11.9. The van der Waals surface area contributed by atoms with E-state index in [0.717, 1.165) is 24.0 Å². The predicted molar refractivity (Wildman–Crippen MR) is 71.2 cm³/mol. The number of hydrogen-bond donors (Lipinski definition) is 2. The summed E-state index contributed by atoms with van der Waals surface area (Å²) in [5, 5.41) is 9.84. The van der Waals surface area contributed by atoms with Crippen LogP contribution in [0.1, 0.15) is 49.8 Å². The molecule has 3 heteroatoms. The van der Waals surface area contributed by atoms with Crippen molar-refractivity contribution in [3.8, 4) is 5.75 Å². The first-order valence-electron chi connectivity index (χ1n) is 5.70. The lowest BCUT2D eigenvalue weighted by molar-refractivity contribution is 0.452. The zero-order valence-electron chi connectivity index (χ0n) is 10.1. The molecule has 0 aromatic heterocycles. The minimum atomic E-state index is -0.0311. The van der Waals surface area contributed by atoms with Crippen molar-refractivity contribution < 1.29 is 5.11 Å². The molecule has 0 amide bonds. The fraction of sp³-hybridized carbons (Fsp3) is 0.538. The van der Waals surface area contributed by atoms with Gasteiger partial charge in [-0.25, -0.2) is 0 Å². The number of aryl methyl sites for hydroxylation is 1. The fourth-order valence-electron chi connectivity index (χ4n) is 1.75. The standard InChI is InChI=1S/C13H21NO.ClH/c1-3-4-5-9-12(14)11-8-6-7-10(2)13(11)15;/h6-8,12,15H,3-5,9,14H2,1-2H3;1H/t12-;/m1./s1. The van der Waals surface area contributed by atoms with E-state index < -0.39 is 0 Å². The van der Waals surface area contributed by atoms with Crippen molar-refractivity contribution in [2.75, 3.05) is 0 Å². The Morgan fingerprint density at radius 1 is 1.31 bits per heavy atom. The van der Waals surface area contributed by atoms with Crippen molar-refractivity contribution in [1.29, 1.82) is 0 Å². The molecule has 0 radical (unpaired) electrons. The van der Waals surface area contributed by atoms with Gasteiger partial charge in [0.15, 0.2) is 0 Å². The Kier molecular flexibility index (Phi) is 7.18. The monoisotopic (exact) mass is 243 g/mol. The van der Waals surface area contributed by atoms with Gasteiger partial charge in [0.25, 0.3) is 0 Å². The van der Waals surface area contributed by atoms with Crippen LogP contribution in [-0.2, 0) is 0 Å². The van der Waals surface area contributed by atoms with Gasteiger partial charge in [-0.1, -0.05) is 44.4 Å². The number of nitrogens with two attached hydrogens (primary N) is 1. The summed E-state index contributed by atoms with van der Waals surface area (Å²) in [6, 6.07) is 5.73. The summed E-state index contributed by atoms with van der Waals surface area (Å²) in [4.78, 5) is 0. The van der Waals surface area contributed by atoms with E-state index in [0.29, 0.717) is 5.75 Å². The van der Waals surface area contributed by atoms with Gasteiger partial charge >= 0.3 is 0 Å². The average molecular weight is 244 g/mol. The van der Waals surface area contributed by atoms with E-state index in [2.05, 4.69) is 6.92 Å². The van der Waals surface area contributed by atoms with E-state index in [1.54, 1.807) is 0 Å². The van der Waals surface area contributed by atoms with Crippen LogP contribution in [0, 0.1) is 6.92 Å². The van der Waals surface area contributed by atoms with Crippen LogP contribution in [-0.4, -0.2) is 5.11 Å². The molecule has 1 aromatic carbocycles. The van der Waals surface area contributed by atoms with Crippen LogP contribution in [0.25, 0.3) is 0 Å². The minimum Gasteiger partial charge on any atom is -0.507 e. The number of rotatable bonds is 5. The fourth-order valence-corrected chi connectivity index (χ4v) is 1.75. The second kappa shape index (κ2) is 7.53. The average Bonchev–Trinajstić information content (AvgIpc) is 2.22.